The van der Waals surface area contributed by atoms with Gasteiger partial charge in [0.25, 0.3) is 5.91 Å². The SMILES string of the molecule is NC(=O)c1c[nH]c(C(=O)N(C[C@H]2CCCN2)C2CC2)c1. The first kappa shape index (κ1) is 13.2. The van der Waals surface area contributed by atoms with Crippen molar-refractivity contribution in [2.75, 3.05) is 13.1 Å². The second-order valence-electron chi connectivity index (χ2n) is 5.65. The van der Waals surface area contributed by atoms with E-state index in [1.165, 1.54) is 12.6 Å². The molecule has 1 aromatic rings. The molecular weight excluding hydrogens is 256 g/mol. The summed E-state index contributed by atoms with van der Waals surface area (Å²) in [6, 6.07) is 2.29. The number of aromatic amines is 1. The molecule has 2 aliphatic rings. The molecule has 1 atom stereocenters. The van der Waals surface area contributed by atoms with Crippen LogP contribution in [0.25, 0.3) is 0 Å². The van der Waals surface area contributed by atoms with E-state index in [0.717, 1.165) is 32.4 Å². The standard InChI is InChI=1S/C14H20N4O2/c15-13(19)9-6-12(17-7-9)14(20)18(11-3-4-11)8-10-2-1-5-16-10/h6-7,10-11,16-17H,1-5,8H2,(H2,15,19)/t10-/m1/s1. The number of nitrogens with zero attached hydrogens (tertiary/aromatic N) is 1. The molecule has 0 bridgehead atoms. The third-order valence-corrected chi connectivity index (χ3v) is 4.03. The molecule has 1 aromatic heterocycles. The molecule has 108 valence electrons. The summed E-state index contributed by atoms with van der Waals surface area (Å²) in [6.07, 6.45) is 5.93. The average Bonchev–Trinajstić information content (AvgIpc) is 2.95. The number of primary amides is 1. The Morgan fingerprint density at radius 2 is 2.15 bits per heavy atom. The van der Waals surface area contributed by atoms with Crippen molar-refractivity contribution in [1.82, 2.24) is 15.2 Å². The van der Waals surface area contributed by atoms with Crippen molar-refractivity contribution in [3.63, 3.8) is 0 Å². The number of aromatic nitrogens is 1. The Morgan fingerprint density at radius 1 is 1.35 bits per heavy atom. The molecule has 6 nitrogen and oxygen atoms in total. The van der Waals surface area contributed by atoms with E-state index in [2.05, 4.69) is 10.3 Å². The van der Waals surface area contributed by atoms with Gasteiger partial charge in [-0.3, -0.25) is 9.59 Å². The fourth-order valence-electron chi connectivity index (χ4n) is 2.75. The summed E-state index contributed by atoms with van der Waals surface area (Å²) >= 11 is 0. The number of hydrogen-bond donors (Lipinski definition) is 3. The number of hydrogen-bond acceptors (Lipinski definition) is 3. The van der Waals surface area contributed by atoms with Gasteiger partial charge in [0, 0.05) is 24.8 Å². The molecule has 2 amide bonds. The van der Waals surface area contributed by atoms with Crippen LogP contribution in [0.5, 0.6) is 0 Å². The minimum atomic E-state index is -0.518. The van der Waals surface area contributed by atoms with E-state index in [0.29, 0.717) is 23.3 Å². The van der Waals surface area contributed by atoms with E-state index in [-0.39, 0.29) is 5.91 Å². The van der Waals surface area contributed by atoms with Gasteiger partial charge in [0.1, 0.15) is 5.69 Å². The van der Waals surface area contributed by atoms with Crippen LogP contribution < -0.4 is 11.1 Å². The maximum Gasteiger partial charge on any atom is 0.270 e. The van der Waals surface area contributed by atoms with Crippen LogP contribution in [0.3, 0.4) is 0 Å². The van der Waals surface area contributed by atoms with Crippen LogP contribution in [-0.2, 0) is 0 Å². The highest BCUT2D eigenvalue weighted by Crippen LogP contribution is 2.29. The lowest BCUT2D eigenvalue weighted by Gasteiger charge is -2.25. The highest BCUT2D eigenvalue weighted by atomic mass is 16.2. The van der Waals surface area contributed by atoms with Crippen molar-refractivity contribution < 1.29 is 9.59 Å². The predicted molar refractivity (Wildman–Crippen MR) is 74.4 cm³/mol. The summed E-state index contributed by atoms with van der Waals surface area (Å²) in [6.45, 7) is 1.78. The second-order valence-corrected chi connectivity index (χ2v) is 5.65. The number of nitrogens with two attached hydrogens (primary N) is 1. The molecule has 0 aromatic carbocycles. The monoisotopic (exact) mass is 276 g/mol. The normalized spacial score (nSPS) is 21.9. The summed E-state index contributed by atoms with van der Waals surface area (Å²) in [5, 5.41) is 3.42. The van der Waals surface area contributed by atoms with Crippen molar-refractivity contribution in [3.8, 4) is 0 Å². The van der Waals surface area contributed by atoms with Gasteiger partial charge in [0.2, 0.25) is 5.91 Å². The van der Waals surface area contributed by atoms with Crippen LogP contribution in [0.15, 0.2) is 12.3 Å². The lowest BCUT2D eigenvalue weighted by molar-refractivity contribution is 0.0723. The van der Waals surface area contributed by atoms with Gasteiger partial charge >= 0.3 is 0 Å². The molecule has 1 aliphatic heterocycles. The van der Waals surface area contributed by atoms with Gasteiger partial charge in [0.05, 0.1) is 5.56 Å². The van der Waals surface area contributed by atoms with E-state index >= 15 is 0 Å². The molecule has 1 saturated carbocycles. The Labute approximate surface area is 117 Å². The second kappa shape index (κ2) is 5.28. The highest BCUT2D eigenvalue weighted by molar-refractivity contribution is 5.98. The van der Waals surface area contributed by atoms with E-state index < -0.39 is 5.91 Å². The lowest BCUT2D eigenvalue weighted by atomic mass is 10.2. The van der Waals surface area contributed by atoms with Crippen LogP contribution in [0.1, 0.15) is 46.5 Å². The third-order valence-electron chi connectivity index (χ3n) is 4.03. The summed E-state index contributed by atoms with van der Waals surface area (Å²) in [5.41, 5.74) is 6.01. The number of H-pyrrole nitrogens is 1. The first-order chi connectivity index (χ1) is 9.65. The number of rotatable bonds is 5. The smallest absolute Gasteiger partial charge is 0.270 e. The highest BCUT2D eigenvalue weighted by Gasteiger charge is 2.35. The van der Waals surface area contributed by atoms with Crippen molar-refractivity contribution in [2.24, 2.45) is 5.73 Å². The van der Waals surface area contributed by atoms with Gasteiger partial charge in [-0.2, -0.15) is 0 Å². The molecule has 0 radical (unpaired) electrons. The van der Waals surface area contributed by atoms with E-state index in [1.807, 2.05) is 4.90 Å². The Bertz CT molecular complexity index is 515. The van der Waals surface area contributed by atoms with Crippen molar-refractivity contribution in [2.45, 2.75) is 37.8 Å². The quantitative estimate of drug-likeness (QED) is 0.730. The number of amides is 2. The minimum Gasteiger partial charge on any atom is -0.366 e. The first-order valence-electron chi connectivity index (χ1n) is 7.17. The zero-order valence-electron chi connectivity index (χ0n) is 11.4. The number of carbonyl (C=O) groups excluding carboxylic acids is 2. The molecule has 1 aliphatic carbocycles. The third kappa shape index (κ3) is 2.70. The van der Waals surface area contributed by atoms with Gasteiger partial charge < -0.3 is 20.9 Å². The molecular formula is C14H20N4O2. The maximum atomic E-state index is 12.6. The van der Waals surface area contributed by atoms with E-state index in [9.17, 15) is 9.59 Å². The van der Waals surface area contributed by atoms with Crippen LogP contribution in [0, 0.1) is 0 Å². The topological polar surface area (TPSA) is 91.2 Å². The average molecular weight is 276 g/mol. The molecule has 20 heavy (non-hydrogen) atoms. The molecule has 0 spiro atoms. The van der Waals surface area contributed by atoms with Crippen LogP contribution in [0.2, 0.25) is 0 Å². The molecule has 3 rings (SSSR count). The van der Waals surface area contributed by atoms with E-state index in [4.69, 9.17) is 5.73 Å². The Morgan fingerprint density at radius 3 is 2.70 bits per heavy atom. The molecule has 0 unspecified atom stereocenters. The largest absolute Gasteiger partial charge is 0.366 e. The van der Waals surface area contributed by atoms with Gasteiger partial charge in [-0.05, 0) is 38.3 Å². The first-order valence-corrected chi connectivity index (χ1v) is 7.17. The number of nitrogens with one attached hydrogen (secondary N) is 2. The summed E-state index contributed by atoms with van der Waals surface area (Å²) in [7, 11) is 0. The van der Waals surface area contributed by atoms with Crippen LogP contribution in [0.4, 0.5) is 0 Å². The number of carbonyl (C=O) groups is 2. The molecule has 2 heterocycles. The van der Waals surface area contributed by atoms with Gasteiger partial charge in [-0.25, -0.2) is 0 Å². The summed E-state index contributed by atoms with van der Waals surface area (Å²) < 4.78 is 0. The Balaban J connectivity index is 1.72. The maximum absolute atomic E-state index is 12.6. The fourth-order valence-corrected chi connectivity index (χ4v) is 2.75. The van der Waals surface area contributed by atoms with Gasteiger partial charge in [0.15, 0.2) is 0 Å². The van der Waals surface area contributed by atoms with Gasteiger partial charge in [-0.1, -0.05) is 0 Å². The Kier molecular flexibility index (Phi) is 3.48. The zero-order chi connectivity index (χ0) is 14.1. The molecule has 2 fully saturated rings. The van der Waals surface area contributed by atoms with Crippen LogP contribution in [-0.4, -0.2) is 46.9 Å². The zero-order valence-corrected chi connectivity index (χ0v) is 11.4. The van der Waals surface area contributed by atoms with Gasteiger partial charge in [-0.15, -0.1) is 0 Å². The lowest BCUT2D eigenvalue weighted by Crippen LogP contribution is -2.42. The Hall–Kier alpha value is -1.82. The van der Waals surface area contributed by atoms with Crippen molar-refractivity contribution in [1.29, 1.82) is 0 Å². The van der Waals surface area contributed by atoms with Crippen molar-refractivity contribution in [3.05, 3.63) is 23.5 Å². The minimum absolute atomic E-state index is 0.0336. The van der Waals surface area contributed by atoms with E-state index in [1.54, 1.807) is 6.07 Å². The molecule has 6 heteroatoms. The molecule has 4 N–H and O–H groups in total. The van der Waals surface area contributed by atoms with Crippen molar-refractivity contribution >= 4 is 11.8 Å². The van der Waals surface area contributed by atoms with Crippen LogP contribution >= 0.6 is 0 Å². The predicted octanol–water partition coefficient (Wildman–Crippen LogP) is 0.470. The molecule has 1 saturated heterocycles. The summed E-state index contributed by atoms with van der Waals surface area (Å²) in [5.74, 6) is -0.551. The summed E-state index contributed by atoms with van der Waals surface area (Å²) in [4.78, 5) is 28.5. The fraction of sp³-hybridized carbons (Fsp3) is 0.571.